The number of nitrogens with one attached hydrogen (secondary N) is 1. The summed E-state index contributed by atoms with van der Waals surface area (Å²) in [4.78, 5) is 13.4. The molecule has 0 radical (unpaired) electrons. The highest BCUT2D eigenvalue weighted by Crippen LogP contribution is 1.95. The normalized spacial score (nSPS) is 17.8. The Hall–Kier alpha value is -0.810. The fourth-order valence-electron chi connectivity index (χ4n) is 1.40. The first-order valence-electron chi connectivity index (χ1n) is 5.43. The molecule has 1 N–H and O–H groups in total. The number of nitrogens with zero attached hydrogens (tertiary/aromatic N) is 1. The van der Waals surface area contributed by atoms with E-state index in [9.17, 15) is 4.79 Å². The molecule has 1 fully saturated rings. The Bertz CT molecular complexity index is 191. The molecule has 0 aromatic rings. The van der Waals surface area contributed by atoms with Gasteiger partial charge < -0.3 is 14.8 Å². The van der Waals surface area contributed by atoms with Crippen LogP contribution in [0.2, 0.25) is 0 Å². The third-order valence-electron chi connectivity index (χ3n) is 2.14. The minimum absolute atomic E-state index is 0.0617. The SMILES string of the molecule is CC(C)OC(=O)NCCN1CCOCC1. The monoisotopic (exact) mass is 216 g/mol. The van der Waals surface area contributed by atoms with Crippen molar-refractivity contribution in [3.8, 4) is 0 Å². The minimum atomic E-state index is -0.335. The molecule has 1 rings (SSSR count). The molecule has 1 heterocycles. The van der Waals surface area contributed by atoms with E-state index in [0.717, 1.165) is 32.8 Å². The Balaban J connectivity index is 2.02. The van der Waals surface area contributed by atoms with Gasteiger partial charge in [0.15, 0.2) is 0 Å². The highest BCUT2D eigenvalue weighted by molar-refractivity contribution is 5.67. The second kappa shape index (κ2) is 6.63. The molecule has 0 spiro atoms. The maximum atomic E-state index is 11.1. The zero-order valence-corrected chi connectivity index (χ0v) is 9.49. The third-order valence-corrected chi connectivity index (χ3v) is 2.14. The van der Waals surface area contributed by atoms with Crippen LogP contribution < -0.4 is 5.32 Å². The first-order chi connectivity index (χ1) is 7.18. The van der Waals surface area contributed by atoms with E-state index in [4.69, 9.17) is 9.47 Å². The van der Waals surface area contributed by atoms with Gasteiger partial charge in [0, 0.05) is 26.2 Å². The van der Waals surface area contributed by atoms with Gasteiger partial charge in [-0.15, -0.1) is 0 Å². The zero-order chi connectivity index (χ0) is 11.1. The van der Waals surface area contributed by atoms with Crippen LogP contribution in [0.25, 0.3) is 0 Å². The van der Waals surface area contributed by atoms with Crippen molar-refractivity contribution in [3.05, 3.63) is 0 Å². The molecule has 0 aliphatic carbocycles. The maximum Gasteiger partial charge on any atom is 0.407 e. The van der Waals surface area contributed by atoms with E-state index < -0.39 is 0 Å². The van der Waals surface area contributed by atoms with E-state index in [2.05, 4.69) is 10.2 Å². The van der Waals surface area contributed by atoms with E-state index in [1.54, 1.807) is 0 Å². The van der Waals surface area contributed by atoms with Crippen molar-refractivity contribution in [3.63, 3.8) is 0 Å². The Morgan fingerprint density at radius 2 is 2.13 bits per heavy atom. The molecular formula is C10H20N2O3. The van der Waals surface area contributed by atoms with Gasteiger partial charge >= 0.3 is 6.09 Å². The Morgan fingerprint density at radius 1 is 1.47 bits per heavy atom. The van der Waals surface area contributed by atoms with E-state index in [1.807, 2.05) is 13.8 Å². The van der Waals surface area contributed by atoms with Crippen LogP contribution >= 0.6 is 0 Å². The third kappa shape index (κ3) is 5.59. The number of amides is 1. The van der Waals surface area contributed by atoms with E-state index in [0.29, 0.717) is 6.54 Å². The van der Waals surface area contributed by atoms with Crippen LogP contribution in [0.5, 0.6) is 0 Å². The second-order valence-corrected chi connectivity index (χ2v) is 3.83. The smallest absolute Gasteiger partial charge is 0.407 e. The minimum Gasteiger partial charge on any atom is -0.447 e. The summed E-state index contributed by atoms with van der Waals surface area (Å²) < 4.78 is 10.2. The summed E-state index contributed by atoms with van der Waals surface area (Å²) in [6.07, 6.45) is -0.397. The second-order valence-electron chi connectivity index (χ2n) is 3.83. The summed E-state index contributed by atoms with van der Waals surface area (Å²) in [5.41, 5.74) is 0. The average molecular weight is 216 g/mol. The van der Waals surface area contributed by atoms with Crippen molar-refractivity contribution < 1.29 is 14.3 Å². The Labute approximate surface area is 90.7 Å². The molecule has 88 valence electrons. The fourth-order valence-corrected chi connectivity index (χ4v) is 1.40. The molecule has 1 aliphatic rings. The van der Waals surface area contributed by atoms with Gasteiger partial charge in [-0.05, 0) is 13.8 Å². The van der Waals surface area contributed by atoms with Crippen LogP contribution in [0.1, 0.15) is 13.8 Å². The fraction of sp³-hybridized carbons (Fsp3) is 0.900. The molecule has 1 aliphatic heterocycles. The van der Waals surface area contributed by atoms with Crippen molar-refractivity contribution in [2.75, 3.05) is 39.4 Å². The number of carbonyl (C=O) groups excluding carboxylic acids is 1. The summed E-state index contributed by atoms with van der Waals surface area (Å²) >= 11 is 0. The van der Waals surface area contributed by atoms with Gasteiger partial charge in [0.05, 0.1) is 19.3 Å². The number of rotatable bonds is 4. The maximum absolute atomic E-state index is 11.1. The summed E-state index contributed by atoms with van der Waals surface area (Å²) in [5.74, 6) is 0. The van der Waals surface area contributed by atoms with Crippen LogP contribution in [0.15, 0.2) is 0 Å². The summed E-state index contributed by atoms with van der Waals surface area (Å²) in [6, 6.07) is 0. The predicted molar refractivity (Wildman–Crippen MR) is 56.9 cm³/mol. The van der Waals surface area contributed by atoms with Crippen LogP contribution in [-0.4, -0.2) is 56.5 Å². The highest BCUT2D eigenvalue weighted by atomic mass is 16.6. The van der Waals surface area contributed by atoms with Crippen molar-refractivity contribution in [1.82, 2.24) is 10.2 Å². The molecular weight excluding hydrogens is 196 g/mol. The molecule has 5 nitrogen and oxygen atoms in total. The van der Waals surface area contributed by atoms with Gasteiger partial charge in [-0.25, -0.2) is 4.79 Å². The van der Waals surface area contributed by atoms with Crippen molar-refractivity contribution in [1.29, 1.82) is 0 Å². The quantitative estimate of drug-likeness (QED) is 0.741. The molecule has 1 saturated heterocycles. The number of morpholine rings is 1. The van der Waals surface area contributed by atoms with Crippen molar-refractivity contribution >= 4 is 6.09 Å². The van der Waals surface area contributed by atoms with Gasteiger partial charge in [-0.3, -0.25) is 4.90 Å². The highest BCUT2D eigenvalue weighted by Gasteiger charge is 2.10. The first kappa shape index (κ1) is 12.3. The lowest BCUT2D eigenvalue weighted by atomic mass is 10.4. The van der Waals surface area contributed by atoms with E-state index in [1.165, 1.54) is 0 Å². The largest absolute Gasteiger partial charge is 0.447 e. The van der Waals surface area contributed by atoms with E-state index >= 15 is 0 Å². The molecule has 0 aromatic heterocycles. The zero-order valence-electron chi connectivity index (χ0n) is 9.49. The lowest BCUT2D eigenvalue weighted by molar-refractivity contribution is 0.0380. The Kier molecular flexibility index (Phi) is 5.42. The van der Waals surface area contributed by atoms with Gasteiger partial charge in [0.25, 0.3) is 0 Å². The van der Waals surface area contributed by atoms with Crippen LogP contribution in [0.3, 0.4) is 0 Å². The Morgan fingerprint density at radius 3 is 2.73 bits per heavy atom. The summed E-state index contributed by atoms with van der Waals surface area (Å²) in [6.45, 7) is 8.62. The molecule has 0 bridgehead atoms. The number of hydrogen-bond acceptors (Lipinski definition) is 4. The van der Waals surface area contributed by atoms with Crippen molar-refractivity contribution in [2.45, 2.75) is 20.0 Å². The van der Waals surface area contributed by atoms with Gasteiger partial charge in [0.1, 0.15) is 0 Å². The number of hydrogen-bond donors (Lipinski definition) is 1. The molecule has 5 heteroatoms. The lowest BCUT2D eigenvalue weighted by Gasteiger charge is -2.26. The molecule has 15 heavy (non-hydrogen) atoms. The lowest BCUT2D eigenvalue weighted by Crippen LogP contribution is -2.41. The van der Waals surface area contributed by atoms with E-state index in [-0.39, 0.29) is 12.2 Å². The van der Waals surface area contributed by atoms with Crippen molar-refractivity contribution in [2.24, 2.45) is 0 Å². The van der Waals surface area contributed by atoms with Crippen LogP contribution in [0, 0.1) is 0 Å². The molecule has 0 saturated carbocycles. The molecule has 1 amide bonds. The van der Waals surface area contributed by atoms with Crippen LogP contribution in [0.4, 0.5) is 4.79 Å². The molecule has 0 aromatic carbocycles. The van der Waals surface area contributed by atoms with Gasteiger partial charge in [-0.1, -0.05) is 0 Å². The number of ether oxygens (including phenoxy) is 2. The topological polar surface area (TPSA) is 50.8 Å². The summed E-state index contributed by atoms with van der Waals surface area (Å²) in [7, 11) is 0. The van der Waals surface area contributed by atoms with Gasteiger partial charge in [0.2, 0.25) is 0 Å². The average Bonchev–Trinajstić information content (AvgIpc) is 2.18. The predicted octanol–water partition coefficient (Wildman–Crippen LogP) is 0.453. The molecule has 0 unspecified atom stereocenters. The number of alkyl carbamates (subject to hydrolysis) is 1. The molecule has 0 atom stereocenters. The first-order valence-corrected chi connectivity index (χ1v) is 5.43. The number of carbonyl (C=O) groups is 1. The van der Waals surface area contributed by atoms with Crippen LogP contribution in [-0.2, 0) is 9.47 Å². The van der Waals surface area contributed by atoms with Gasteiger partial charge in [-0.2, -0.15) is 0 Å². The standard InChI is InChI=1S/C10H20N2O3/c1-9(2)15-10(13)11-3-4-12-5-7-14-8-6-12/h9H,3-8H2,1-2H3,(H,11,13). The summed E-state index contributed by atoms with van der Waals surface area (Å²) in [5, 5.41) is 2.72.